The SMILES string of the molecule is CCOc1ccc(NCc2ccccc2OC)cc1CO. The summed E-state index contributed by atoms with van der Waals surface area (Å²) >= 11 is 0. The number of methoxy groups -OCH3 is 1. The average Bonchev–Trinajstić information content (AvgIpc) is 2.54. The van der Waals surface area contributed by atoms with Gasteiger partial charge in [-0.25, -0.2) is 0 Å². The molecule has 0 fully saturated rings. The lowest BCUT2D eigenvalue weighted by Gasteiger charge is -2.13. The highest BCUT2D eigenvalue weighted by Gasteiger charge is 2.05. The third-order valence-corrected chi connectivity index (χ3v) is 3.21. The lowest BCUT2D eigenvalue weighted by Crippen LogP contribution is -2.03. The summed E-state index contributed by atoms with van der Waals surface area (Å²) in [5, 5.41) is 12.7. The van der Waals surface area contributed by atoms with Gasteiger partial charge in [0.25, 0.3) is 0 Å². The smallest absolute Gasteiger partial charge is 0.124 e. The summed E-state index contributed by atoms with van der Waals surface area (Å²) in [6.45, 7) is 3.12. The molecule has 4 heteroatoms. The number of aliphatic hydroxyl groups is 1. The van der Waals surface area contributed by atoms with E-state index in [-0.39, 0.29) is 6.61 Å². The second-order valence-corrected chi connectivity index (χ2v) is 4.58. The molecule has 0 bridgehead atoms. The van der Waals surface area contributed by atoms with Crippen molar-refractivity contribution in [3.8, 4) is 11.5 Å². The number of anilines is 1. The molecule has 0 spiro atoms. The van der Waals surface area contributed by atoms with Crippen LogP contribution in [-0.2, 0) is 13.2 Å². The van der Waals surface area contributed by atoms with Crippen LogP contribution in [-0.4, -0.2) is 18.8 Å². The van der Waals surface area contributed by atoms with Crippen LogP contribution in [0.2, 0.25) is 0 Å². The quantitative estimate of drug-likeness (QED) is 0.821. The zero-order chi connectivity index (χ0) is 15.1. The highest BCUT2D eigenvalue weighted by Crippen LogP contribution is 2.24. The van der Waals surface area contributed by atoms with Crippen LogP contribution >= 0.6 is 0 Å². The molecule has 0 aliphatic rings. The number of nitrogens with one attached hydrogen (secondary N) is 1. The molecule has 2 aromatic rings. The van der Waals surface area contributed by atoms with Crippen molar-refractivity contribution < 1.29 is 14.6 Å². The minimum Gasteiger partial charge on any atom is -0.496 e. The molecule has 0 aliphatic heterocycles. The van der Waals surface area contributed by atoms with Gasteiger partial charge in [-0.3, -0.25) is 0 Å². The summed E-state index contributed by atoms with van der Waals surface area (Å²) in [5.74, 6) is 1.58. The van der Waals surface area contributed by atoms with Gasteiger partial charge < -0.3 is 19.9 Å². The van der Waals surface area contributed by atoms with E-state index in [1.165, 1.54) is 0 Å². The Morgan fingerprint density at radius 2 is 1.86 bits per heavy atom. The summed E-state index contributed by atoms with van der Waals surface area (Å²) in [7, 11) is 1.67. The third kappa shape index (κ3) is 3.89. The minimum absolute atomic E-state index is 0.0422. The summed E-state index contributed by atoms with van der Waals surface area (Å²) < 4.78 is 10.8. The van der Waals surface area contributed by atoms with Crippen LogP contribution in [0, 0.1) is 0 Å². The summed E-state index contributed by atoms with van der Waals surface area (Å²) in [6, 6.07) is 13.6. The molecule has 4 nitrogen and oxygen atoms in total. The highest BCUT2D eigenvalue weighted by atomic mass is 16.5. The largest absolute Gasteiger partial charge is 0.496 e. The van der Waals surface area contributed by atoms with Crippen molar-refractivity contribution in [2.24, 2.45) is 0 Å². The van der Waals surface area contributed by atoms with Crippen LogP contribution in [0.3, 0.4) is 0 Å². The number of ether oxygens (including phenoxy) is 2. The van der Waals surface area contributed by atoms with Gasteiger partial charge in [0.2, 0.25) is 0 Å². The maximum atomic E-state index is 9.41. The van der Waals surface area contributed by atoms with E-state index in [2.05, 4.69) is 5.32 Å². The molecule has 0 saturated heterocycles. The molecule has 0 unspecified atom stereocenters. The molecule has 2 N–H and O–H groups in total. The molecule has 0 aliphatic carbocycles. The molecule has 0 radical (unpaired) electrons. The van der Waals surface area contributed by atoms with Crippen molar-refractivity contribution in [3.05, 3.63) is 53.6 Å². The average molecular weight is 287 g/mol. The van der Waals surface area contributed by atoms with Crippen molar-refractivity contribution in [1.29, 1.82) is 0 Å². The number of para-hydroxylation sites is 1. The van der Waals surface area contributed by atoms with Crippen LogP contribution < -0.4 is 14.8 Å². The summed E-state index contributed by atoms with van der Waals surface area (Å²) in [6.07, 6.45) is 0. The van der Waals surface area contributed by atoms with E-state index in [1.807, 2.05) is 49.4 Å². The normalized spacial score (nSPS) is 10.2. The van der Waals surface area contributed by atoms with Crippen molar-refractivity contribution in [3.63, 3.8) is 0 Å². The van der Waals surface area contributed by atoms with Gasteiger partial charge in [0.05, 0.1) is 20.3 Å². The Kier molecular flexibility index (Phi) is 5.46. The number of benzene rings is 2. The fraction of sp³-hybridized carbons (Fsp3) is 0.294. The Bertz CT molecular complexity index is 584. The van der Waals surface area contributed by atoms with Gasteiger partial charge >= 0.3 is 0 Å². The van der Waals surface area contributed by atoms with Crippen LogP contribution in [0.25, 0.3) is 0 Å². The van der Waals surface area contributed by atoms with Crippen LogP contribution in [0.4, 0.5) is 5.69 Å². The monoisotopic (exact) mass is 287 g/mol. The van der Waals surface area contributed by atoms with Gasteiger partial charge in [-0.1, -0.05) is 18.2 Å². The lowest BCUT2D eigenvalue weighted by atomic mass is 10.1. The number of hydrogen-bond donors (Lipinski definition) is 2. The van der Waals surface area contributed by atoms with Gasteiger partial charge in [0.15, 0.2) is 0 Å². The Morgan fingerprint density at radius 3 is 2.57 bits per heavy atom. The molecular formula is C17H21NO3. The van der Waals surface area contributed by atoms with Crippen molar-refractivity contribution in [2.75, 3.05) is 19.0 Å². The Morgan fingerprint density at radius 1 is 1.05 bits per heavy atom. The van der Waals surface area contributed by atoms with Crippen LogP contribution in [0.5, 0.6) is 11.5 Å². The first-order valence-corrected chi connectivity index (χ1v) is 7.00. The van der Waals surface area contributed by atoms with Gasteiger partial charge in [-0.2, -0.15) is 0 Å². The molecule has 112 valence electrons. The Labute approximate surface area is 125 Å². The highest BCUT2D eigenvalue weighted by molar-refractivity contribution is 5.52. The lowest BCUT2D eigenvalue weighted by molar-refractivity contribution is 0.267. The molecule has 0 saturated carbocycles. The predicted molar refractivity (Wildman–Crippen MR) is 83.9 cm³/mol. The van der Waals surface area contributed by atoms with Crippen LogP contribution in [0.15, 0.2) is 42.5 Å². The first-order valence-electron chi connectivity index (χ1n) is 7.00. The maximum absolute atomic E-state index is 9.41. The zero-order valence-electron chi connectivity index (χ0n) is 12.4. The van der Waals surface area contributed by atoms with E-state index in [4.69, 9.17) is 9.47 Å². The van der Waals surface area contributed by atoms with E-state index in [9.17, 15) is 5.11 Å². The fourth-order valence-corrected chi connectivity index (χ4v) is 2.16. The predicted octanol–water partition coefficient (Wildman–Crippen LogP) is 3.20. The number of aliphatic hydroxyl groups excluding tert-OH is 1. The third-order valence-electron chi connectivity index (χ3n) is 3.21. The zero-order valence-corrected chi connectivity index (χ0v) is 12.4. The number of rotatable bonds is 7. The standard InChI is InChI=1S/C17H21NO3/c1-3-21-17-9-8-15(10-14(17)12-19)18-11-13-6-4-5-7-16(13)20-2/h4-10,18-19H,3,11-12H2,1-2H3. The fourth-order valence-electron chi connectivity index (χ4n) is 2.16. The van der Waals surface area contributed by atoms with Gasteiger partial charge in [0.1, 0.15) is 11.5 Å². The first-order chi connectivity index (χ1) is 10.3. The second kappa shape index (κ2) is 7.55. The topological polar surface area (TPSA) is 50.7 Å². The minimum atomic E-state index is -0.0422. The van der Waals surface area contributed by atoms with E-state index < -0.39 is 0 Å². The maximum Gasteiger partial charge on any atom is 0.124 e. The summed E-state index contributed by atoms with van der Waals surface area (Å²) in [5.41, 5.74) is 2.80. The van der Waals surface area contributed by atoms with E-state index in [1.54, 1.807) is 7.11 Å². The Balaban J connectivity index is 2.09. The molecule has 0 heterocycles. The molecule has 2 rings (SSSR count). The first kappa shape index (κ1) is 15.2. The second-order valence-electron chi connectivity index (χ2n) is 4.58. The van der Waals surface area contributed by atoms with Gasteiger partial charge in [-0.05, 0) is 31.2 Å². The summed E-state index contributed by atoms with van der Waals surface area (Å²) in [4.78, 5) is 0. The molecule has 21 heavy (non-hydrogen) atoms. The van der Waals surface area contributed by atoms with E-state index in [0.29, 0.717) is 13.2 Å². The molecule has 0 aromatic heterocycles. The number of hydrogen-bond acceptors (Lipinski definition) is 4. The van der Waals surface area contributed by atoms with Gasteiger partial charge in [0, 0.05) is 23.4 Å². The van der Waals surface area contributed by atoms with Gasteiger partial charge in [-0.15, -0.1) is 0 Å². The molecule has 0 amide bonds. The van der Waals surface area contributed by atoms with Crippen molar-refractivity contribution >= 4 is 5.69 Å². The van der Waals surface area contributed by atoms with Crippen molar-refractivity contribution in [2.45, 2.75) is 20.1 Å². The van der Waals surface area contributed by atoms with E-state index in [0.717, 1.165) is 28.3 Å². The molecular weight excluding hydrogens is 266 g/mol. The molecule has 2 aromatic carbocycles. The van der Waals surface area contributed by atoms with Crippen molar-refractivity contribution in [1.82, 2.24) is 0 Å². The van der Waals surface area contributed by atoms with Crippen LogP contribution in [0.1, 0.15) is 18.1 Å². The Hall–Kier alpha value is -2.20. The molecule has 0 atom stereocenters. The van der Waals surface area contributed by atoms with E-state index >= 15 is 0 Å².